The van der Waals surface area contributed by atoms with E-state index in [0.717, 1.165) is 19.3 Å². The van der Waals surface area contributed by atoms with Crippen molar-refractivity contribution in [3.8, 4) is 0 Å². The molecule has 0 bridgehead atoms. The third kappa shape index (κ3) is 7.98. The predicted molar refractivity (Wildman–Crippen MR) is 151 cm³/mol. The number of esters is 2. The highest BCUT2D eigenvalue weighted by Gasteiger charge is 2.46. The number of likely N-dealkylation sites (tertiary alicyclic amines) is 2. The van der Waals surface area contributed by atoms with Crippen molar-refractivity contribution in [2.24, 2.45) is 17.8 Å². The first-order valence-electron chi connectivity index (χ1n) is 14.6. The first-order valence-corrected chi connectivity index (χ1v) is 16.2. The van der Waals surface area contributed by atoms with Crippen LogP contribution in [0.1, 0.15) is 51.5 Å². The number of nitrogens with one attached hydrogen (secondary N) is 1. The molecular formula is C29H43N3O8S. The molecule has 1 aliphatic carbocycles. The van der Waals surface area contributed by atoms with Crippen molar-refractivity contribution in [2.45, 2.75) is 69.8 Å². The van der Waals surface area contributed by atoms with E-state index < -0.39 is 40.2 Å². The summed E-state index contributed by atoms with van der Waals surface area (Å²) in [7, 11) is -2.28. The Balaban J connectivity index is 1.41. The number of sulfonamides is 1. The summed E-state index contributed by atoms with van der Waals surface area (Å²) in [5.74, 6) is -0.114. The van der Waals surface area contributed by atoms with Crippen LogP contribution in [0.5, 0.6) is 0 Å². The van der Waals surface area contributed by atoms with Crippen molar-refractivity contribution in [1.82, 2.24) is 14.5 Å². The van der Waals surface area contributed by atoms with Gasteiger partial charge in [0, 0.05) is 25.7 Å². The van der Waals surface area contributed by atoms with Crippen LogP contribution in [0.15, 0.2) is 30.3 Å². The van der Waals surface area contributed by atoms with Crippen LogP contribution in [0.25, 0.3) is 0 Å². The second kappa shape index (κ2) is 14.0. The lowest BCUT2D eigenvalue weighted by molar-refractivity contribution is -0.153. The van der Waals surface area contributed by atoms with E-state index in [1.807, 2.05) is 18.2 Å². The molecule has 0 spiro atoms. The number of ether oxygens (including phenoxy) is 3. The molecule has 41 heavy (non-hydrogen) atoms. The van der Waals surface area contributed by atoms with Gasteiger partial charge in [0.1, 0.15) is 12.1 Å². The lowest BCUT2D eigenvalue weighted by Gasteiger charge is -2.46. The van der Waals surface area contributed by atoms with Gasteiger partial charge in [-0.2, -0.15) is 0 Å². The van der Waals surface area contributed by atoms with E-state index >= 15 is 0 Å². The molecule has 0 aromatic heterocycles. The van der Waals surface area contributed by atoms with Gasteiger partial charge in [0.15, 0.2) is 0 Å². The maximum Gasteiger partial charge on any atom is 0.410 e. The average Bonchev–Trinajstić information content (AvgIpc) is 3.33. The Bertz CT molecular complexity index is 1160. The Labute approximate surface area is 242 Å². The number of carbonyl (C=O) groups is 3. The molecule has 1 amide bonds. The van der Waals surface area contributed by atoms with Crippen LogP contribution < -0.4 is 4.72 Å². The molecule has 2 saturated heterocycles. The number of hydrogen-bond donors (Lipinski definition) is 1. The zero-order valence-corrected chi connectivity index (χ0v) is 25.0. The zero-order valence-electron chi connectivity index (χ0n) is 24.2. The fourth-order valence-electron chi connectivity index (χ4n) is 6.79. The molecule has 1 aromatic carbocycles. The van der Waals surface area contributed by atoms with Crippen molar-refractivity contribution in [2.75, 3.05) is 40.0 Å². The van der Waals surface area contributed by atoms with E-state index in [0.29, 0.717) is 38.0 Å². The molecule has 2 aliphatic heterocycles. The van der Waals surface area contributed by atoms with Crippen LogP contribution in [-0.4, -0.2) is 94.3 Å². The van der Waals surface area contributed by atoms with Gasteiger partial charge in [0.05, 0.1) is 26.1 Å². The number of amides is 1. The summed E-state index contributed by atoms with van der Waals surface area (Å²) in [5.41, 5.74) is 0.702. The molecule has 1 aromatic rings. The fourth-order valence-corrected chi connectivity index (χ4v) is 8.18. The van der Waals surface area contributed by atoms with Gasteiger partial charge < -0.3 is 14.2 Å². The summed E-state index contributed by atoms with van der Waals surface area (Å²) in [6.45, 7) is 5.51. The van der Waals surface area contributed by atoms with Gasteiger partial charge in [0.25, 0.3) is 0 Å². The van der Waals surface area contributed by atoms with Crippen LogP contribution in [-0.2, 0) is 39.6 Å². The largest absolute Gasteiger partial charge is 0.465 e. The summed E-state index contributed by atoms with van der Waals surface area (Å²) in [6, 6.07) is 7.42. The minimum atomic E-state index is -3.60. The van der Waals surface area contributed by atoms with Crippen molar-refractivity contribution in [3.63, 3.8) is 0 Å². The SMILES string of the molecule is CCOC(=O)C1CC(NS(=O)(=O)Cc2ccccc2)CN1CC1CCC2CN(C(=O)OC)C(C(=O)OCC)CC2C1. The number of fused-ring (bicyclic) bond motifs is 1. The van der Waals surface area contributed by atoms with E-state index in [-0.39, 0.29) is 42.7 Å². The van der Waals surface area contributed by atoms with Gasteiger partial charge >= 0.3 is 18.0 Å². The number of hydrogen-bond acceptors (Lipinski definition) is 9. The van der Waals surface area contributed by atoms with Gasteiger partial charge in [-0.1, -0.05) is 30.3 Å². The molecule has 11 nitrogen and oxygen atoms in total. The molecular weight excluding hydrogens is 550 g/mol. The lowest BCUT2D eigenvalue weighted by Crippen LogP contribution is -2.55. The molecule has 1 saturated carbocycles. The minimum absolute atomic E-state index is 0.121. The second-order valence-electron chi connectivity index (χ2n) is 11.3. The van der Waals surface area contributed by atoms with Gasteiger partial charge in [-0.25, -0.2) is 22.7 Å². The first kappa shape index (κ1) is 31.2. The number of benzene rings is 1. The maximum atomic E-state index is 12.9. The Hall–Kier alpha value is -2.70. The van der Waals surface area contributed by atoms with Crippen LogP contribution in [0, 0.1) is 17.8 Å². The molecule has 228 valence electrons. The topological polar surface area (TPSA) is 132 Å². The molecule has 3 fully saturated rings. The summed E-state index contributed by atoms with van der Waals surface area (Å²) < 4.78 is 44.2. The van der Waals surface area contributed by atoms with E-state index in [4.69, 9.17) is 14.2 Å². The monoisotopic (exact) mass is 593 g/mol. The second-order valence-corrected chi connectivity index (χ2v) is 13.1. The maximum absolute atomic E-state index is 12.9. The summed E-state index contributed by atoms with van der Waals surface area (Å²) >= 11 is 0. The molecule has 4 rings (SSSR count). The Morgan fingerprint density at radius 2 is 1.59 bits per heavy atom. The number of carbonyl (C=O) groups excluding carboxylic acids is 3. The van der Waals surface area contributed by atoms with Gasteiger partial charge in [-0.3, -0.25) is 14.6 Å². The van der Waals surface area contributed by atoms with E-state index in [1.54, 1.807) is 26.0 Å². The normalized spacial score (nSPS) is 28.5. The molecule has 3 aliphatic rings. The quantitative estimate of drug-likeness (QED) is 0.321. The van der Waals surface area contributed by atoms with E-state index in [9.17, 15) is 22.8 Å². The predicted octanol–water partition coefficient (Wildman–Crippen LogP) is 2.55. The third-order valence-electron chi connectivity index (χ3n) is 8.55. The van der Waals surface area contributed by atoms with E-state index in [2.05, 4.69) is 9.62 Å². The fraction of sp³-hybridized carbons (Fsp3) is 0.690. The molecule has 6 atom stereocenters. The molecule has 12 heteroatoms. The lowest BCUT2D eigenvalue weighted by atomic mass is 9.69. The number of methoxy groups -OCH3 is 1. The third-order valence-corrected chi connectivity index (χ3v) is 9.96. The van der Waals surface area contributed by atoms with Crippen molar-refractivity contribution >= 4 is 28.1 Å². The highest BCUT2D eigenvalue weighted by molar-refractivity contribution is 7.88. The van der Waals surface area contributed by atoms with E-state index in [1.165, 1.54) is 12.0 Å². The molecule has 1 N–H and O–H groups in total. The highest BCUT2D eigenvalue weighted by atomic mass is 32.2. The zero-order chi connectivity index (χ0) is 29.6. The number of piperidine rings is 1. The summed E-state index contributed by atoms with van der Waals surface area (Å²) in [5, 5.41) is 0. The highest BCUT2D eigenvalue weighted by Crippen LogP contribution is 2.42. The Kier molecular flexibility index (Phi) is 10.6. The summed E-state index contributed by atoms with van der Waals surface area (Å²) in [6.07, 6.45) is 3.01. The van der Waals surface area contributed by atoms with Crippen molar-refractivity contribution in [3.05, 3.63) is 35.9 Å². The van der Waals surface area contributed by atoms with Gasteiger partial charge in [-0.05, 0) is 69.3 Å². The van der Waals surface area contributed by atoms with Gasteiger partial charge in [-0.15, -0.1) is 0 Å². The van der Waals surface area contributed by atoms with Gasteiger partial charge in [0.2, 0.25) is 10.0 Å². The van der Waals surface area contributed by atoms with Crippen LogP contribution >= 0.6 is 0 Å². The molecule has 0 radical (unpaired) electrons. The van der Waals surface area contributed by atoms with Crippen LogP contribution in [0.3, 0.4) is 0 Å². The Morgan fingerprint density at radius 1 is 0.902 bits per heavy atom. The standard InChI is InChI=1S/C29H43N3O8S/c1-4-39-27(33)25-15-24(30-41(36,37)19-20-9-7-6-8-10-20)18-31(25)16-21-11-12-22-17-32(29(35)38-3)26(14-23(22)13-21)28(34)40-5-2/h6-10,21-26,30H,4-5,11-19H2,1-3H3. The van der Waals surface area contributed by atoms with Crippen LogP contribution in [0.4, 0.5) is 4.79 Å². The van der Waals surface area contributed by atoms with Crippen LogP contribution in [0.2, 0.25) is 0 Å². The summed E-state index contributed by atoms with van der Waals surface area (Å²) in [4.78, 5) is 41.6. The number of nitrogens with zero attached hydrogens (tertiary/aromatic N) is 2. The minimum Gasteiger partial charge on any atom is -0.465 e. The number of rotatable bonds is 10. The molecule has 6 unspecified atom stereocenters. The Morgan fingerprint density at radius 3 is 2.24 bits per heavy atom. The smallest absolute Gasteiger partial charge is 0.410 e. The average molecular weight is 594 g/mol. The first-order chi connectivity index (χ1) is 19.6. The van der Waals surface area contributed by atoms with Crippen molar-refractivity contribution < 1.29 is 37.0 Å². The van der Waals surface area contributed by atoms with Crippen molar-refractivity contribution in [1.29, 1.82) is 0 Å². The molecule has 2 heterocycles.